The van der Waals surface area contributed by atoms with Crippen LogP contribution in [0.1, 0.15) is 30.5 Å². The molecule has 4 heteroatoms. The van der Waals surface area contributed by atoms with E-state index < -0.39 is 0 Å². The lowest BCUT2D eigenvalue weighted by Crippen LogP contribution is -2.23. The zero-order chi connectivity index (χ0) is 14.5. The van der Waals surface area contributed by atoms with Gasteiger partial charge in [-0.25, -0.2) is 4.39 Å². The summed E-state index contributed by atoms with van der Waals surface area (Å²) in [6.07, 6.45) is 1.03. The van der Waals surface area contributed by atoms with Gasteiger partial charge >= 0.3 is 0 Å². The smallest absolute Gasteiger partial charge is 0.123 e. The predicted molar refractivity (Wildman–Crippen MR) is 88.4 cm³/mol. The summed E-state index contributed by atoms with van der Waals surface area (Å²) in [4.78, 5) is 0. The molecule has 0 aliphatic carbocycles. The van der Waals surface area contributed by atoms with Gasteiger partial charge in [-0.1, -0.05) is 50.9 Å². The molecule has 0 amide bonds. The predicted octanol–water partition coefficient (Wildman–Crippen LogP) is 5.44. The highest BCUT2D eigenvalue weighted by Gasteiger charge is 2.17. The minimum Gasteiger partial charge on any atom is -0.306 e. The maximum Gasteiger partial charge on any atom is 0.123 e. The van der Waals surface area contributed by atoms with Crippen LogP contribution in [0.25, 0.3) is 0 Å². The molecular formula is C16H16Br2FN. The first-order valence-corrected chi connectivity index (χ1v) is 8.14. The van der Waals surface area contributed by atoms with Crippen molar-refractivity contribution in [2.24, 2.45) is 0 Å². The third kappa shape index (κ3) is 3.90. The molecule has 0 bridgehead atoms. The minimum atomic E-state index is -0.211. The Hall–Kier alpha value is -0.710. The molecule has 0 aliphatic rings. The normalized spacial score (nSPS) is 12.4. The molecule has 0 heterocycles. The number of hydrogen-bond donors (Lipinski definition) is 1. The molecule has 106 valence electrons. The number of hydrogen-bond acceptors (Lipinski definition) is 1. The van der Waals surface area contributed by atoms with Gasteiger partial charge in [0.1, 0.15) is 5.82 Å². The van der Waals surface area contributed by atoms with Gasteiger partial charge in [0.2, 0.25) is 0 Å². The molecule has 2 aromatic carbocycles. The lowest BCUT2D eigenvalue weighted by molar-refractivity contribution is 0.584. The van der Waals surface area contributed by atoms with Gasteiger partial charge in [0, 0.05) is 8.95 Å². The van der Waals surface area contributed by atoms with Crippen LogP contribution in [0.4, 0.5) is 4.39 Å². The summed E-state index contributed by atoms with van der Waals surface area (Å²) in [7, 11) is 0. The van der Waals surface area contributed by atoms with E-state index in [4.69, 9.17) is 0 Å². The molecular weight excluding hydrogens is 385 g/mol. The summed E-state index contributed by atoms with van der Waals surface area (Å²) < 4.78 is 15.5. The van der Waals surface area contributed by atoms with Crippen molar-refractivity contribution < 1.29 is 4.39 Å². The van der Waals surface area contributed by atoms with Crippen LogP contribution in [0.5, 0.6) is 0 Å². The molecule has 2 rings (SSSR count). The number of halogens is 3. The van der Waals surface area contributed by atoms with Crippen molar-refractivity contribution in [1.29, 1.82) is 0 Å². The molecule has 1 unspecified atom stereocenters. The van der Waals surface area contributed by atoms with Crippen LogP contribution < -0.4 is 5.32 Å². The summed E-state index contributed by atoms with van der Waals surface area (Å²) in [6, 6.07) is 12.8. The fourth-order valence-corrected chi connectivity index (χ4v) is 2.97. The summed E-state index contributed by atoms with van der Waals surface area (Å²) in [5.74, 6) is -0.211. The van der Waals surface area contributed by atoms with Crippen molar-refractivity contribution in [2.75, 3.05) is 6.54 Å². The Bertz CT molecular complexity index is 586. The van der Waals surface area contributed by atoms with Crippen LogP contribution in [0, 0.1) is 5.82 Å². The topological polar surface area (TPSA) is 12.0 Å². The van der Waals surface area contributed by atoms with E-state index in [0.717, 1.165) is 33.0 Å². The maximum atomic E-state index is 13.5. The van der Waals surface area contributed by atoms with Crippen LogP contribution in [0.3, 0.4) is 0 Å². The van der Waals surface area contributed by atoms with Gasteiger partial charge < -0.3 is 5.32 Å². The quantitative estimate of drug-likeness (QED) is 0.704. The fourth-order valence-electron chi connectivity index (χ4n) is 2.12. The van der Waals surface area contributed by atoms with Crippen LogP contribution in [0.15, 0.2) is 51.4 Å². The first kappa shape index (κ1) is 15.7. The van der Waals surface area contributed by atoms with Gasteiger partial charge in [-0.05, 0) is 54.4 Å². The largest absolute Gasteiger partial charge is 0.306 e. The number of benzene rings is 2. The Morgan fingerprint density at radius 1 is 1.15 bits per heavy atom. The third-order valence-corrected chi connectivity index (χ3v) is 4.26. The molecule has 0 saturated heterocycles. The SMILES string of the molecule is CCCNC(c1cccc(F)c1)c1cc(Br)ccc1Br. The van der Waals surface area contributed by atoms with Gasteiger partial charge in [-0.3, -0.25) is 0 Å². The zero-order valence-electron chi connectivity index (χ0n) is 11.2. The average Bonchev–Trinajstić information content (AvgIpc) is 2.43. The second-order valence-electron chi connectivity index (χ2n) is 4.61. The monoisotopic (exact) mass is 399 g/mol. The molecule has 1 nitrogen and oxygen atoms in total. The first-order valence-electron chi connectivity index (χ1n) is 6.55. The summed E-state index contributed by atoms with van der Waals surface area (Å²) in [6.45, 7) is 2.99. The molecule has 1 atom stereocenters. The molecule has 0 radical (unpaired) electrons. The van der Waals surface area contributed by atoms with Gasteiger partial charge in [0.05, 0.1) is 6.04 Å². The molecule has 2 aromatic rings. The third-order valence-electron chi connectivity index (χ3n) is 3.05. The van der Waals surface area contributed by atoms with Crippen LogP contribution in [-0.4, -0.2) is 6.54 Å². The van der Waals surface area contributed by atoms with Gasteiger partial charge in [0.25, 0.3) is 0 Å². The lowest BCUT2D eigenvalue weighted by atomic mass is 9.98. The van der Waals surface area contributed by atoms with Crippen LogP contribution >= 0.6 is 31.9 Å². The van der Waals surface area contributed by atoms with E-state index in [-0.39, 0.29) is 11.9 Å². The van der Waals surface area contributed by atoms with Crippen molar-refractivity contribution in [2.45, 2.75) is 19.4 Å². The lowest BCUT2D eigenvalue weighted by Gasteiger charge is -2.21. The Morgan fingerprint density at radius 2 is 1.95 bits per heavy atom. The summed E-state index contributed by atoms with van der Waals surface area (Å²) >= 11 is 7.08. The van der Waals surface area contributed by atoms with Gasteiger partial charge in [0.15, 0.2) is 0 Å². The van der Waals surface area contributed by atoms with E-state index >= 15 is 0 Å². The average molecular weight is 401 g/mol. The highest BCUT2D eigenvalue weighted by Crippen LogP contribution is 2.31. The van der Waals surface area contributed by atoms with Crippen molar-refractivity contribution in [3.63, 3.8) is 0 Å². The summed E-state index contributed by atoms with van der Waals surface area (Å²) in [5.41, 5.74) is 2.02. The minimum absolute atomic E-state index is 0.0301. The van der Waals surface area contributed by atoms with E-state index in [1.54, 1.807) is 12.1 Å². The second-order valence-corrected chi connectivity index (χ2v) is 6.38. The van der Waals surface area contributed by atoms with E-state index in [2.05, 4.69) is 50.2 Å². The molecule has 20 heavy (non-hydrogen) atoms. The molecule has 0 aliphatic heterocycles. The van der Waals surface area contributed by atoms with E-state index in [0.29, 0.717) is 0 Å². The van der Waals surface area contributed by atoms with Crippen LogP contribution in [0.2, 0.25) is 0 Å². The van der Waals surface area contributed by atoms with Gasteiger partial charge in [-0.2, -0.15) is 0 Å². The first-order chi connectivity index (χ1) is 9.61. The Balaban J connectivity index is 2.44. The van der Waals surface area contributed by atoms with E-state index in [1.165, 1.54) is 6.07 Å². The van der Waals surface area contributed by atoms with E-state index in [1.807, 2.05) is 18.2 Å². The molecule has 0 aromatic heterocycles. The highest BCUT2D eigenvalue weighted by atomic mass is 79.9. The Morgan fingerprint density at radius 3 is 2.65 bits per heavy atom. The van der Waals surface area contributed by atoms with Crippen LogP contribution in [-0.2, 0) is 0 Å². The van der Waals surface area contributed by atoms with Crippen molar-refractivity contribution in [3.8, 4) is 0 Å². The molecule has 0 spiro atoms. The summed E-state index contributed by atoms with van der Waals surface area (Å²) in [5, 5.41) is 3.48. The number of rotatable bonds is 5. The molecule has 1 N–H and O–H groups in total. The maximum absolute atomic E-state index is 13.5. The zero-order valence-corrected chi connectivity index (χ0v) is 14.3. The second kappa shape index (κ2) is 7.34. The van der Waals surface area contributed by atoms with Crippen molar-refractivity contribution in [1.82, 2.24) is 5.32 Å². The fraction of sp³-hybridized carbons (Fsp3) is 0.250. The Kier molecular flexibility index (Phi) is 5.75. The number of nitrogens with one attached hydrogen (secondary N) is 1. The molecule has 0 saturated carbocycles. The van der Waals surface area contributed by atoms with Crippen molar-refractivity contribution >= 4 is 31.9 Å². The molecule has 0 fully saturated rings. The van der Waals surface area contributed by atoms with E-state index in [9.17, 15) is 4.39 Å². The standard InChI is InChI=1S/C16H16Br2FN/c1-2-8-20-16(11-4-3-5-13(19)9-11)14-10-12(17)6-7-15(14)18/h3-7,9-10,16,20H,2,8H2,1H3. The van der Waals surface area contributed by atoms with Gasteiger partial charge in [-0.15, -0.1) is 0 Å². The Labute approximate surface area is 135 Å². The van der Waals surface area contributed by atoms with Crippen molar-refractivity contribution in [3.05, 3.63) is 68.4 Å². The highest BCUT2D eigenvalue weighted by molar-refractivity contribution is 9.11.